The Balaban J connectivity index is 2.42. The quantitative estimate of drug-likeness (QED) is 0.678. The number of carboxylic acids is 1. The van der Waals surface area contributed by atoms with Gasteiger partial charge in [-0.05, 0) is 31.4 Å². The van der Waals surface area contributed by atoms with Gasteiger partial charge in [-0.2, -0.15) is 5.10 Å². The minimum atomic E-state index is -1.01. The molecule has 0 atom stereocenters. The molecule has 0 unspecified atom stereocenters. The first-order valence-electron chi connectivity index (χ1n) is 6.28. The molecule has 0 aliphatic carbocycles. The average molecular weight is 304 g/mol. The van der Waals surface area contributed by atoms with E-state index >= 15 is 0 Å². The van der Waals surface area contributed by atoms with Crippen LogP contribution in [0.25, 0.3) is 6.08 Å². The summed E-state index contributed by atoms with van der Waals surface area (Å²) in [4.78, 5) is 11.7. The van der Waals surface area contributed by atoms with Crippen LogP contribution in [0, 0.1) is 6.92 Å². The molecule has 110 valence electrons. The second kappa shape index (κ2) is 6.49. The summed E-state index contributed by atoms with van der Waals surface area (Å²) in [6.45, 7) is 1.81. The van der Waals surface area contributed by atoms with Gasteiger partial charge in [0.25, 0.3) is 0 Å². The maximum Gasteiger partial charge on any atom is 0.328 e. The monoisotopic (exact) mass is 304 g/mol. The molecule has 0 fully saturated rings. The predicted octanol–water partition coefficient (Wildman–Crippen LogP) is 3.34. The lowest BCUT2D eigenvalue weighted by molar-refractivity contribution is -0.131. The third-order valence-electron chi connectivity index (χ3n) is 2.88. The zero-order valence-corrected chi connectivity index (χ0v) is 12.8. The predicted molar refractivity (Wildman–Crippen MR) is 82.9 cm³/mol. The highest BCUT2D eigenvalue weighted by atomic mass is 32.2. The number of aromatic nitrogens is 2. The van der Waals surface area contributed by atoms with Crippen LogP contribution in [0.2, 0.25) is 0 Å². The van der Waals surface area contributed by atoms with Crippen LogP contribution in [0.3, 0.4) is 0 Å². The van der Waals surface area contributed by atoms with Crippen LogP contribution in [0.5, 0.6) is 11.6 Å². The molecule has 1 N–H and O–H groups in total. The molecule has 2 rings (SSSR count). The number of rotatable bonds is 5. The number of thioether (sulfide) groups is 1. The Morgan fingerprint density at radius 1 is 1.43 bits per heavy atom. The van der Waals surface area contributed by atoms with Crippen LogP contribution >= 0.6 is 11.8 Å². The van der Waals surface area contributed by atoms with Crippen LogP contribution < -0.4 is 4.74 Å². The lowest BCUT2D eigenvalue weighted by Crippen LogP contribution is -1.97. The summed E-state index contributed by atoms with van der Waals surface area (Å²) >= 11 is 1.58. The Morgan fingerprint density at radius 3 is 2.81 bits per heavy atom. The number of hydrogen-bond acceptors (Lipinski definition) is 4. The maximum absolute atomic E-state index is 10.7. The molecule has 0 bridgehead atoms. The second-order valence-electron chi connectivity index (χ2n) is 4.35. The number of ether oxygens (including phenoxy) is 1. The first kappa shape index (κ1) is 15.2. The number of hydrogen-bond donors (Lipinski definition) is 1. The average Bonchev–Trinajstić information content (AvgIpc) is 2.71. The summed E-state index contributed by atoms with van der Waals surface area (Å²) in [5.41, 5.74) is 1.38. The summed E-state index contributed by atoms with van der Waals surface area (Å²) in [7, 11) is 1.77. The zero-order chi connectivity index (χ0) is 15.4. The minimum absolute atomic E-state index is 0.520. The summed E-state index contributed by atoms with van der Waals surface area (Å²) in [6, 6.07) is 7.68. The molecule has 0 radical (unpaired) electrons. The van der Waals surface area contributed by atoms with Gasteiger partial charge in [0.05, 0.1) is 11.3 Å². The van der Waals surface area contributed by atoms with Gasteiger partial charge < -0.3 is 9.84 Å². The van der Waals surface area contributed by atoms with Gasteiger partial charge in [0.15, 0.2) is 0 Å². The fraction of sp³-hybridized carbons (Fsp3) is 0.200. The molecule has 0 spiro atoms. The molecule has 21 heavy (non-hydrogen) atoms. The van der Waals surface area contributed by atoms with Crippen LogP contribution in [-0.2, 0) is 11.8 Å². The van der Waals surface area contributed by atoms with E-state index in [1.165, 1.54) is 6.08 Å². The topological polar surface area (TPSA) is 64.3 Å². The van der Waals surface area contributed by atoms with Gasteiger partial charge in [0.2, 0.25) is 5.88 Å². The number of para-hydroxylation sites is 1. The fourth-order valence-electron chi connectivity index (χ4n) is 1.93. The molecule has 0 aliphatic rings. The first-order chi connectivity index (χ1) is 10.0. The van der Waals surface area contributed by atoms with Gasteiger partial charge in [-0.3, -0.25) is 0 Å². The lowest BCUT2D eigenvalue weighted by atomic mass is 10.2. The zero-order valence-electron chi connectivity index (χ0n) is 12.0. The molecule has 1 aromatic carbocycles. The molecule has 1 heterocycles. The van der Waals surface area contributed by atoms with E-state index in [0.717, 1.165) is 16.7 Å². The summed E-state index contributed by atoms with van der Waals surface area (Å²) in [5, 5.41) is 13.1. The van der Waals surface area contributed by atoms with Gasteiger partial charge in [0.1, 0.15) is 5.75 Å². The molecule has 0 amide bonds. The van der Waals surface area contributed by atoms with E-state index in [-0.39, 0.29) is 0 Å². The van der Waals surface area contributed by atoms with E-state index in [1.807, 2.05) is 37.4 Å². The summed E-state index contributed by atoms with van der Waals surface area (Å²) in [5.74, 6) is 0.234. The summed E-state index contributed by atoms with van der Waals surface area (Å²) < 4.78 is 7.56. The van der Waals surface area contributed by atoms with Crippen molar-refractivity contribution in [1.29, 1.82) is 0 Å². The molecule has 1 aromatic heterocycles. The molecule has 5 nitrogen and oxygen atoms in total. The van der Waals surface area contributed by atoms with Crippen molar-refractivity contribution >= 4 is 23.8 Å². The highest BCUT2D eigenvalue weighted by Gasteiger charge is 2.15. The van der Waals surface area contributed by atoms with Gasteiger partial charge >= 0.3 is 5.97 Å². The second-order valence-corrected chi connectivity index (χ2v) is 5.20. The van der Waals surface area contributed by atoms with Crippen molar-refractivity contribution in [2.75, 3.05) is 6.26 Å². The van der Waals surface area contributed by atoms with E-state index in [0.29, 0.717) is 17.1 Å². The van der Waals surface area contributed by atoms with Crippen LogP contribution in [0.15, 0.2) is 35.2 Å². The molecular formula is C15H16N2O3S. The highest BCUT2D eigenvalue weighted by Crippen LogP contribution is 2.34. The normalized spacial score (nSPS) is 11.0. The molecule has 6 heteroatoms. The molecular weight excluding hydrogens is 288 g/mol. The van der Waals surface area contributed by atoms with E-state index in [4.69, 9.17) is 9.84 Å². The van der Waals surface area contributed by atoms with Crippen molar-refractivity contribution in [1.82, 2.24) is 9.78 Å². The van der Waals surface area contributed by atoms with Crippen molar-refractivity contribution in [2.45, 2.75) is 11.8 Å². The maximum atomic E-state index is 10.7. The van der Waals surface area contributed by atoms with Gasteiger partial charge in [-0.15, -0.1) is 11.8 Å². The highest BCUT2D eigenvalue weighted by molar-refractivity contribution is 7.98. The third kappa shape index (κ3) is 3.46. The Hall–Kier alpha value is -2.21. The first-order valence-corrected chi connectivity index (χ1v) is 7.51. The smallest absolute Gasteiger partial charge is 0.328 e. The Bertz CT molecular complexity index is 692. The van der Waals surface area contributed by atoms with E-state index in [1.54, 1.807) is 23.5 Å². The van der Waals surface area contributed by atoms with E-state index < -0.39 is 5.97 Å². The number of carbonyl (C=O) groups is 1. The Morgan fingerprint density at radius 2 is 2.14 bits per heavy atom. The molecule has 2 aromatic rings. The minimum Gasteiger partial charge on any atom is -0.478 e. The molecule has 0 saturated carbocycles. The largest absolute Gasteiger partial charge is 0.478 e. The van der Waals surface area contributed by atoms with Crippen LogP contribution in [-0.4, -0.2) is 27.1 Å². The van der Waals surface area contributed by atoms with E-state index in [9.17, 15) is 4.79 Å². The van der Waals surface area contributed by atoms with Crippen molar-refractivity contribution in [3.63, 3.8) is 0 Å². The van der Waals surface area contributed by atoms with Crippen molar-refractivity contribution < 1.29 is 14.6 Å². The lowest BCUT2D eigenvalue weighted by Gasteiger charge is -2.10. The number of nitrogens with zero attached hydrogens (tertiary/aromatic N) is 2. The van der Waals surface area contributed by atoms with Crippen molar-refractivity contribution in [3.05, 3.63) is 41.6 Å². The number of aryl methyl sites for hydroxylation is 2. The Kier molecular flexibility index (Phi) is 4.70. The van der Waals surface area contributed by atoms with Gasteiger partial charge in [-0.25, -0.2) is 9.48 Å². The summed E-state index contributed by atoms with van der Waals surface area (Å²) in [6.07, 6.45) is 4.56. The SMILES string of the molecule is CSc1ccccc1Oc1c(C=CC(=O)O)c(C)nn1C. The van der Waals surface area contributed by atoms with Gasteiger partial charge in [-0.1, -0.05) is 12.1 Å². The molecule has 0 aliphatic heterocycles. The standard InChI is InChI=1S/C15H16N2O3S/c1-10-11(8-9-14(18)19)15(17(2)16-10)20-12-6-4-5-7-13(12)21-3/h4-9H,1-3H3,(H,18,19). The number of benzene rings is 1. The number of aliphatic carboxylic acids is 1. The van der Waals surface area contributed by atoms with Crippen molar-refractivity contribution in [2.24, 2.45) is 7.05 Å². The van der Waals surface area contributed by atoms with Crippen LogP contribution in [0.4, 0.5) is 0 Å². The van der Waals surface area contributed by atoms with E-state index in [2.05, 4.69) is 5.10 Å². The van der Waals surface area contributed by atoms with Crippen molar-refractivity contribution in [3.8, 4) is 11.6 Å². The van der Waals surface area contributed by atoms with Crippen LogP contribution in [0.1, 0.15) is 11.3 Å². The fourth-order valence-corrected chi connectivity index (χ4v) is 2.45. The number of carboxylic acid groups (broad SMARTS) is 1. The Labute approximate surface area is 127 Å². The van der Waals surface area contributed by atoms with Gasteiger partial charge in [0, 0.05) is 18.0 Å². The molecule has 0 saturated heterocycles. The third-order valence-corrected chi connectivity index (χ3v) is 3.66.